The molecule has 0 aliphatic carbocycles. The number of rotatable bonds is 3. The zero-order chi connectivity index (χ0) is 18.2. The van der Waals surface area contributed by atoms with Gasteiger partial charge in [-0.2, -0.15) is 18.2 Å². The Labute approximate surface area is 136 Å². The average molecular weight is 355 g/mol. The summed E-state index contributed by atoms with van der Waals surface area (Å²) in [6.07, 6.45) is -4.75. The smallest absolute Gasteiger partial charge is 0.329 e. The first-order valence-electron chi connectivity index (χ1n) is 6.68. The molecule has 2 aromatic rings. The van der Waals surface area contributed by atoms with Crippen LogP contribution in [0.2, 0.25) is 0 Å². The highest BCUT2D eigenvalue weighted by atomic mass is 19.4. The number of imide groups is 1. The molecule has 1 aliphatic rings. The fourth-order valence-corrected chi connectivity index (χ4v) is 1.95. The number of urea groups is 1. The van der Waals surface area contributed by atoms with Crippen LogP contribution in [0.25, 0.3) is 11.4 Å². The quantitative estimate of drug-likeness (QED) is 0.792. The SMILES string of the molecule is O=C1CN(NC(=O)c2ccc(-c3noc(C(F)(F)F)n3)cc2)C(=O)N1. The number of hydrogen-bond acceptors (Lipinski definition) is 6. The zero-order valence-electron chi connectivity index (χ0n) is 12.1. The molecule has 12 heteroatoms. The van der Waals surface area contributed by atoms with Crippen LogP contribution in [0.3, 0.4) is 0 Å². The number of aromatic nitrogens is 2. The van der Waals surface area contributed by atoms with Crippen molar-refractivity contribution >= 4 is 17.8 Å². The Morgan fingerprint density at radius 1 is 1.24 bits per heavy atom. The molecular formula is C13H8F3N5O4. The second-order valence-corrected chi connectivity index (χ2v) is 4.88. The number of amides is 4. The van der Waals surface area contributed by atoms with E-state index in [4.69, 9.17) is 0 Å². The van der Waals surface area contributed by atoms with Gasteiger partial charge in [-0.1, -0.05) is 17.3 Å². The monoisotopic (exact) mass is 355 g/mol. The van der Waals surface area contributed by atoms with E-state index in [0.29, 0.717) is 0 Å². The number of benzene rings is 1. The van der Waals surface area contributed by atoms with E-state index >= 15 is 0 Å². The molecule has 1 aromatic carbocycles. The number of carbonyl (C=O) groups is 3. The van der Waals surface area contributed by atoms with E-state index in [1.807, 2.05) is 5.32 Å². The lowest BCUT2D eigenvalue weighted by Crippen LogP contribution is -2.44. The molecule has 1 aromatic heterocycles. The number of nitrogens with one attached hydrogen (secondary N) is 2. The lowest BCUT2D eigenvalue weighted by molar-refractivity contribution is -0.159. The topological polar surface area (TPSA) is 117 Å². The van der Waals surface area contributed by atoms with E-state index in [9.17, 15) is 27.6 Å². The Kier molecular flexibility index (Phi) is 3.87. The van der Waals surface area contributed by atoms with Crippen molar-refractivity contribution in [1.29, 1.82) is 0 Å². The number of hydrazine groups is 1. The van der Waals surface area contributed by atoms with Crippen molar-refractivity contribution in [2.45, 2.75) is 6.18 Å². The van der Waals surface area contributed by atoms with Gasteiger partial charge < -0.3 is 4.52 Å². The van der Waals surface area contributed by atoms with Crippen LogP contribution in [0.5, 0.6) is 0 Å². The van der Waals surface area contributed by atoms with Gasteiger partial charge in [0.15, 0.2) is 0 Å². The third-order valence-corrected chi connectivity index (χ3v) is 3.10. The molecule has 0 atom stereocenters. The van der Waals surface area contributed by atoms with E-state index in [2.05, 4.69) is 20.1 Å². The minimum absolute atomic E-state index is 0.107. The van der Waals surface area contributed by atoms with Gasteiger partial charge in [-0.15, -0.1) is 0 Å². The average Bonchev–Trinajstić information content (AvgIpc) is 3.14. The minimum atomic E-state index is -4.75. The van der Waals surface area contributed by atoms with Crippen LogP contribution in [-0.2, 0) is 11.0 Å². The van der Waals surface area contributed by atoms with Crippen molar-refractivity contribution in [1.82, 2.24) is 25.9 Å². The van der Waals surface area contributed by atoms with Crippen molar-refractivity contribution < 1.29 is 32.1 Å². The van der Waals surface area contributed by atoms with Crippen LogP contribution >= 0.6 is 0 Å². The lowest BCUT2D eigenvalue weighted by Gasteiger charge is -2.14. The van der Waals surface area contributed by atoms with Crippen LogP contribution in [0, 0.1) is 0 Å². The second kappa shape index (κ2) is 5.89. The summed E-state index contributed by atoms with van der Waals surface area (Å²) < 4.78 is 41.4. The predicted molar refractivity (Wildman–Crippen MR) is 72.4 cm³/mol. The third kappa shape index (κ3) is 3.41. The van der Waals surface area contributed by atoms with Gasteiger partial charge in [-0.3, -0.25) is 20.3 Å². The fraction of sp³-hybridized carbons (Fsp3) is 0.154. The number of alkyl halides is 3. The van der Waals surface area contributed by atoms with Crippen LogP contribution in [0.15, 0.2) is 28.8 Å². The maximum Gasteiger partial charge on any atom is 0.471 e. The standard InChI is InChI=1S/C13H8F3N5O4/c14-13(15,16)11-18-9(20-25-11)6-1-3-7(4-2-6)10(23)19-21-5-8(22)17-12(21)24/h1-4H,5H2,(H,19,23)(H,17,22,24). The molecular weight excluding hydrogens is 347 g/mol. The Morgan fingerprint density at radius 3 is 2.44 bits per heavy atom. The first-order valence-corrected chi connectivity index (χ1v) is 6.68. The summed E-state index contributed by atoms with van der Waals surface area (Å²) in [5, 5.41) is 6.01. The minimum Gasteiger partial charge on any atom is -0.329 e. The van der Waals surface area contributed by atoms with Crippen LogP contribution < -0.4 is 10.7 Å². The third-order valence-electron chi connectivity index (χ3n) is 3.10. The summed E-state index contributed by atoms with van der Waals surface area (Å²) in [5.74, 6) is -3.00. The highest BCUT2D eigenvalue weighted by molar-refractivity contribution is 6.04. The zero-order valence-corrected chi connectivity index (χ0v) is 12.1. The first kappa shape index (κ1) is 16.4. The van der Waals surface area contributed by atoms with Crippen LogP contribution in [0.1, 0.15) is 16.2 Å². The van der Waals surface area contributed by atoms with E-state index in [1.54, 1.807) is 0 Å². The molecule has 9 nitrogen and oxygen atoms in total. The molecule has 3 rings (SSSR count). The molecule has 1 saturated heterocycles. The Hall–Kier alpha value is -3.44. The molecule has 1 aliphatic heterocycles. The highest BCUT2D eigenvalue weighted by Gasteiger charge is 2.38. The Balaban J connectivity index is 1.72. The van der Waals surface area contributed by atoms with E-state index < -0.39 is 29.9 Å². The normalized spacial score (nSPS) is 14.6. The fourth-order valence-electron chi connectivity index (χ4n) is 1.95. The summed E-state index contributed by atoms with van der Waals surface area (Å²) in [4.78, 5) is 37.6. The molecule has 1 fully saturated rings. The summed E-state index contributed by atoms with van der Waals surface area (Å²) in [5.41, 5.74) is 2.53. The number of nitrogens with zero attached hydrogens (tertiary/aromatic N) is 3. The maximum atomic E-state index is 12.4. The van der Waals surface area contributed by atoms with E-state index in [1.165, 1.54) is 24.3 Å². The highest BCUT2D eigenvalue weighted by Crippen LogP contribution is 2.29. The molecule has 130 valence electrons. The maximum absolute atomic E-state index is 12.4. The van der Waals surface area contributed by atoms with Crippen LogP contribution in [-0.4, -0.2) is 39.5 Å². The van der Waals surface area contributed by atoms with Crippen LogP contribution in [0.4, 0.5) is 18.0 Å². The summed E-state index contributed by atoms with van der Waals surface area (Å²) in [6.45, 7) is -0.314. The predicted octanol–water partition coefficient (Wildman–Crippen LogP) is 0.952. The van der Waals surface area contributed by atoms with E-state index in [-0.39, 0.29) is 23.5 Å². The second-order valence-electron chi connectivity index (χ2n) is 4.88. The van der Waals surface area contributed by atoms with Gasteiger partial charge in [-0.05, 0) is 12.1 Å². The van der Waals surface area contributed by atoms with Gasteiger partial charge >= 0.3 is 18.1 Å². The number of carbonyl (C=O) groups excluding carboxylic acids is 3. The molecule has 0 unspecified atom stereocenters. The summed E-state index contributed by atoms with van der Waals surface area (Å²) in [7, 11) is 0. The number of halogens is 3. The molecule has 4 amide bonds. The molecule has 25 heavy (non-hydrogen) atoms. The largest absolute Gasteiger partial charge is 0.471 e. The van der Waals surface area contributed by atoms with Gasteiger partial charge in [0.05, 0.1) is 0 Å². The lowest BCUT2D eigenvalue weighted by atomic mass is 10.1. The van der Waals surface area contributed by atoms with Crippen molar-refractivity contribution in [2.75, 3.05) is 6.54 Å². The first-order chi connectivity index (χ1) is 11.7. The molecule has 0 radical (unpaired) electrons. The van der Waals surface area contributed by atoms with Gasteiger partial charge in [0.2, 0.25) is 11.7 Å². The van der Waals surface area contributed by atoms with Gasteiger partial charge in [0.1, 0.15) is 6.54 Å². The van der Waals surface area contributed by atoms with Crippen molar-refractivity contribution in [3.63, 3.8) is 0 Å². The molecule has 2 N–H and O–H groups in total. The van der Waals surface area contributed by atoms with Gasteiger partial charge in [0, 0.05) is 11.1 Å². The molecule has 0 bridgehead atoms. The Bertz CT molecular complexity index is 846. The van der Waals surface area contributed by atoms with Crippen molar-refractivity contribution in [3.8, 4) is 11.4 Å². The summed E-state index contributed by atoms with van der Waals surface area (Å²) in [6, 6.07) is 4.46. The molecule has 0 spiro atoms. The van der Waals surface area contributed by atoms with Gasteiger partial charge in [0.25, 0.3) is 5.91 Å². The van der Waals surface area contributed by atoms with Crippen molar-refractivity contribution in [2.24, 2.45) is 0 Å². The molecule has 0 saturated carbocycles. The van der Waals surface area contributed by atoms with E-state index in [0.717, 1.165) is 5.01 Å². The van der Waals surface area contributed by atoms with Crippen molar-refractivity contribution in [3.05, 3.63) is 35.7 Å². The number of hydrogen-bond donors (Lipinski definition) is 2. The summed E-state index contributed by atoms with van der Waals surface area (Å²) >= 11 is 0. The molecule has 2 heterocycles. The van der Waals surface area contributed by atoms with Gasteiger partial charge in [-0.25, -0.2) is 9.80 Å². The Morgan fingerprint density at radius 2 is 1.92 bits per heavy atom.